The van der Waals surface area contributed by atoms with E-state index in [1.165, 1.54) is 68.1 Å². The first-order chi connectivity index (χ1) is 23.9. The van der Waals surface area contributed by atoms with Gasteiger partial charge in [-0.3, -0.25) is 18.8 Å². The van der Waals surface area contributed by atoms with Crippen molar-refractivity contribution in [3.63, 3.8) is 0 Å². The predicted molar refractivity (Wildman–Crippen MR) is 209 cm³/mol. The molecule has 7 nitrogen and oxygen atoms in total. The van der Waals surface area contributed by atoms with E-state index in [0.29, 0.717) is 53.9 Å². The number of allylic oxidation sites excluding steroid dienone is 5. The molecule has 10 atom stereocenters. The van der Waals surface area contributed by atoms with Crippen molar-refractivity contribution in [1.29, 1.82) is 0 Å². The molecule has 0 spiro atoms. The number of carboxylic acids is 1. The minimum atomic E-state index is -2.37. The van der Waals surface area contributed by atoms with Crippen molar-refractivity contribution in [3.05, 3.63) is 35.5 Å². The molecule has 0 radical (unpaired) electrons. The Labute approximate surface area is 310 Å². The molecular weight excluding hydrogens is 657 g/mol. The molecule has 5 fully saturated rings. The molecule has 51 heavy (non-hydrogen) atoms. The molecule has 7 rings (SSSR count). The molecule has 0 aromatic heterocycles. The Balaban J connectivity index is 1.13. The maximum Gasteiger partial charge on any atom is 0.312 e. The summed E-state index contributed by atoms with van der Waals surface area (Å²) in [5.74, 6) is 3.30. The van der Waals surface area contributed by atoms with Crippen LogP contribution in [0.2, 0.25) is 0 Å². The van der Waals surface area contributed by atoms with Crippen molar-refractivity contribution in [2.24, 2.45) is 56.7 Å². The van der Waals surface area contributed by atoms with Crippen LogP contribution < -0.4 is 5.32 Å². The summed E-state index contributed by atoms with van der Waals surface area (Å²) < 4.78 is 20.3. The van der Waals surface area contributed by atoms with Crippen molar-refractivity contribution in [2.75, 3.05) is 44.3 Å². The lowest BCUT2D eigenvalue weighted by atomic mass is 9.33. The summed E-state index contributed by atoms with van der Waals surface area (Å²) in [4.78, 5) is 14.5. The van der Waals surface area contributed by atoms with Crippen molar-refractivity contribution in [1.82, 2.24) is 10.2 Å². The molecule has 6 aliphatic carbocycles. The van der Waals surface area contributed by atoms with Gasteiger partial charge in [0.1, 0.15) is 0 Å². The van der Waals surface area contributed by atoms with Crippen LogP contribution in [0.25, 0.3) is 0 Å². The topological polar surface area (TPSA) is 113 Å². The molecule has 288 valence electrons. The van der Waals surface area contributed by atoms with E-state index in [1.54, 1.807) is 0 Å². The molecule has 8 heteroatoms. The first-order valence-electron chi connectivity index (χ1n) is 20.5. The Morgan fingerprint density at radius 2 is 1.65 bits per heavy atom. The second kappa shape index (κ2) is 13.0. The molecule has 1 heterocycles. The van der Waals surface area contributed by atoms with E-state index in [9.17, 15) is 24.1 Å². The van der Waals surface area contributed by atoms with Gasteiger partial charge in [0.2, 0.25) is 0 Å². The molecule has 1 aliphatic heterocycles. The summed E-state index contributed by atoms with van der Waals surface area (Å²) in [6.07, 6.45) is 17.7. The number of fused-ring (bicyclic) bond motifs is 7. The third-order valence-corrected chi connectivity index (χ3v) is 19.4. The minimum Gasteiger partial charge on any atom is -0.481 e. The fourth-order valence-corrected chi connectivity index (χ4v) is 15.9. The van der Waals surface area contributed by atoms with E-state index in [2.05, 4.69) is 70.5 Å². The van der Waals surface area contributed by atoms with Crippen molar-refractivity contribution >= 4 is 16.6 Å². The second-order valence-corrected chi connectivity index (χ2v) is 22.5. The van der Waals surface area contributed by atoms with Gasteiger partial charge in [-0.2, -0.15) is 10.6 Å². The molecule has 0 amide bonds. The van der Waals surface area contributed by atoms with Gasteiger partial charge >= 0.3 is 5.97 Å². The fraction of sp³-hybridized carbons (Fsp3) is 0.837. The Morgan fingerprint density at radius 3 is 2.27 bits per heavy atom. The van der Waals surface area contributed by atoms with Crippen LogP contribution >= 0.6 is 10.6 Å². The smallest absolute Gasteiger partial charge is 0.312 e. The standard InChI is InChI=1S/C43H70N2O5S/c1-29(2)31-12-19-43(44-22-23-45-24-26-51(49,50)27-25-45)21-20-40(6)33(36(31)43)8-9-35-39(5)15-13-32(38(3,4)34(39)14-16-41(35,40)7)30-10-17-42(28-46,18-11-30)37(47)48/h10,13,31,33-36,44,46,49-50H,1,8-9,11-12,14-28H2,2-7H3,(H,47,48)/t31-,33+,34-,35+,36+,39-,40+,41+,42+,43-/m0/s1. The Morgan fingerprint density at radius 1 is 0.922 bits per heavy atom. The maximum atomic E-state index is 12.1. The first-order valence-corrected chi connectivity index (χ1v) is 22.4. The number of carbonyl (C=O) groups is 1. The zero-order chi connectivity index (χ0) is 36.8. The van der Waals surface area contributed by atoms with Gasteiger partial charge in [-0.1, -0.05) is 58.9 Å². The van der Waals surface area contributed by atoms with Crippen LogP contribution in [0.3, 0.4) is 0 Å². The average molecular weight is 727 g/mol. The second-order valence-electron chi connectivity index (χ2n) is 20.0. The number of aliphatic carboxylic acids is 1. The van der Waals surface area contributed by atoms with Crippen LogP contribution in [-0.2, 0) is 4.79 Å². The summed E-state index contributed by atoms with van der Waals surface area (Å²) in [5, 5.41) is 24.1. The van der Waals surface area contributed by atoms with Gasteiger partial charge in [0.05, 0.1) is 23.5 Å². The van der Waals surface area contributed by atoms with Gasteiger partial charge in [0.15, 0.2) is 0 Å². The normalized spacial score (nSPS) is 46.7. The quantitative estimate of drug-likeness (QED) is 0.159. The predicted octanol–water partition coefficient (Wildman–Crippen LogP) is 8.76. The molecule has 0 aromatic carbocycles. The SMILES string of the molecule is C=C(C)[C@@H]1CC[C@]2(NCCN3CCS(O)(O)CC3)CC[C@]3(C)[C@H](CC[C@@H]4[C@@]5(C)CC=C(C6=CC[C@@](CO)(C(=O)O)CC6)C(C)(C)[C@@H]5CC[C@]43C)[C@@H]12. The molecule has 4 saturated carbocycles. The van der Waals surface area contributed by atoms with Crippen LogP contribution in [0.1, 0.15) is 119 Å². The summed E-state index contributed by atoms with van der Waals surface area (Å²) in [6, 6.07) is 0. The number of aliphatic hydroxyl groups excluding tert-OH is 1. The van der Waals surface area contributed by atoms with Crippen LogP contribution in [0.4, 0.5) is 0 Å². The monoisotopic (exact) mass is 727 g/mol. The number of hydrogen-bond donors (Lipinski definition) is 5. The zero-order valence-corrected chi connectivity index (χ0v) is 33.6. The lowest BCUT2D eigenvalue weighted by Crippen LogP contribution is -2.68. The maximum absolute atomic E-state index is 12.1. The van der Waals surface area contributed by atoms with E-state index in [4.69, 9.17) is 0 Å². The van der Waals surface area contributed by atoms with E-state index in [-0.39, 0.29) is 33.8 Å². The van der Waals surface area contributed by atoms with Gasteiger partial charge in [-0.25, -0.2) is 0 Å². The lowest BCUT2D eigenvalue weighted by Gasteiger charge is -2.72. The first kappa shape index (κ1) is 38.1. The van der Waals surface area contributed by atoms with Crippen LogP contribution in [0, 0.1) is 56.7 Å². The zero-order valence-electron chi connectivity index (χ0n) is 32.7. The summed E-state index contributed by atoms with van der Waals surface area (Å²) in [5.41, 5.74) is 4.10. The molecular formula is C43H70N2O5S. The number of nitrogens with zero attached hydrogens (tertiary/aromatic N) is 1. The van der Waals surface area contributed by atoms with E-state index in [0.717, 1.165) is 39.0 Å². The molecule has 0 bridgehead atoms. The largest absolute Gasteiger partial charge is 0.481 e. The minimum absolute atomic E-state index is 0.0218. The van der Waals surface area contributed by atoms with Gasteiger partial charge < -0.3 is 15.5 Å². The summed E-state index contributed by atoms with van der Waals surface area (Å²) in [6.45, 7) is 23.2. The lowest BCUT2D eigenvalue weighted by molar-refractivity contribution is -0.221. The van der Waals surface area contributed by atoms with Gasteiger partial charge in [0.25, 0.3) is 0 Å². The third kappa shape index (κ3) is 5.81. The summed E-state index contributed by atoms with van der Waals surface area (Å²) in [7, 11) is -2.37. The molecule has 1 saturated heterocycles. The van der Waals surface area contributed by atoms with Crippen LogP contribution in [0.15, 0.2) is 35.5 Å². The Hall–Kier alpha value is -1.16. The Kier molecular flexibility index (Phi) is 9.70. The van der Waals surface area contributed by atoms with Gasteiger partial charge in [0, 0.05) is 31.7 Å². The van der Waals surface area contributed by atoms with E-state index in [1.807, 2.05) is 0 Å². The highest BCUT2D eigenvalue weighted by atomic mass is 32.3. The van der Waals surface area contributed by atoms with E-state index < -0.39 is 22.0 Å². The molecule has 0 aromatic rings. The van der Waals surface area contributed by atoms with Crippen molar-refractivity contribution < 1.29 is 24.1 Å². The van der Waals surface area contributed by atoms with Crippen LogP contribution in [-0.4, -0.2) is 80.0 Å². The fourth-order valence-electron chi connectivity index (χ4n) is 14.6. The number of nitrogens with one attached hydrogen (secondary N) is 1. The van der Waals surface area contributed by atoms with Crippen molar-refractivity contribution in [2.45, 2.75) is 124 Å². The van der Waals surface area contributed by atoms with Crippen LogP contribution in [0.5, 0.6) is 0 Å². The highest BCUT2D eigenvalue weighted by Crippen LogP contribution is 2.76. The number of rotatable bonds is 8. The highest BCUT2D eigenvalue weighted by molar-refractivity contribution is 8.24. The highest BCUT2D eigenvalue weighted by Gasteiger charge is 2.70. The Bertz CT molecular complexity index is 1460. The number of carboxylic acid groups (broad SMARTS) is 1. The number of aliphatic hydroxyl groups is 1. The number of hydrogen-bond acceptors (Lipinski definition) is 6. The summed E-state index contributed by atoms with van der Waals surface area (Å²) >= 11 is 0. The third-order valence-electron chi connectivity index (χ3n) is 17.7. The van der Waals surface area contributed by atoms with Gasteiger partial charge in [-0.05, 0) is 146 Å². The van der Waals surface area contributed by atoms with E-state index >= 15 is 0 Å². The van der Waals surface area contributed by atoms with Crippen molar-refractivity contribution in [3.8, 4) is 0 Å². The molecule has 5 N–H and O–H groups in total. The average Bonchev–Trinajstić information content (AvgIpc) is 3.46. The van der Waals surface area contributed by atoms with Gasteiger partial charge in [-0.15, -0.1) is 0 Å². The molecule has 7 aliphatic rings. The molecule has 0 unspecified atom stereocenters.